The first-order valence-corrected chi connectivity index (χ1v) is 8.97. The van der Waals surface area contributed by atoms with Crippen molar-refractivity contribution in [3.63, 3.8) is 0 Å². The lowest BCUT2D eigenvalue weighted by Gasteiger charge is -2.21. The number of imide groups is 1. The molecule has 134 valence electrons. The summed E-state index contributed by atoms with van der Waals surface area (Å²) in [5, 5.41) is 0. The molecule has 1 aliphatic heterocycles. The first-order chi connectivity index (χ1) is 12.5. The van der Waals surface area contributed by atoms with Crippen LogP contribution in [-0.2, 0) is 14.3 Å². The average Bonchev–Trinajstić information content (AvgIpc) is 3.25. The average molecular weight is 351 g/mol. The van der Waals surface area contributed by atoms with Gasteiger partial charge in [-0.2, -0.15) is 0 Å². The smallest absolute Gasteiger partial charge is 0.340 e. The van der Waals surface area contributed by atoms with Gasteiger partial charge in [0, 0.05) is 11.8 Å². The summed E-state index contributed by atoms with van der Waals surface area (Å²) >= 11 is 0. The molecule has 5 nitrogen and oxygen atoms in total. The predicted molar refractivity (Wildman–Crippen MR) is 96.4 cm³/mol. The number of hydrogen-bond donors (Lipinski definition) is 0. The molecule has 2 fully saturated rings. The van der Waals surface area contributed by atoms with Crippen molar-refractivity contribution in [2.75, 3.05) is 11.5 Å². The molecule has 0 spiro atoms. The molecule has 4 atom stereocenters. The lowest BCUT2D eigenvalue weighted by molar-refractivity contribution is -0.122. The third-order valence-corrected chi connectivity index (χ3v) is 5.63. The largest absolute Gasteiger partial charge is 0.462 e. The van der Waals surface area contributed by atoms with Crippen LogP contribution in [-0.4, -0.2) is 24.4 Å². The van der Waals surface area contributed by atoms with Crippen LogP contribution in [0.4, 0.5) is 5.69 Å². The van der Waals surface area contributed by atoms with Crippen molar-refractivity contribution >= 4 is 23.5 Å². The zero-order chi connectivity index (χ0) is 18.6. The number of allylic oxidation sites excluding steroid dienone is 4. The highest BCUT2D eigenvalue weighted by molar-refractivity contribution is 6.25. The first-order valence-electron chi connectivity index (χ1n) is 8.97. The number of carbonyl (C=O) groups excluding carboxylic acids is 3. The number of ether oxygens (including phenoxy) is 1. The van der Waals surface area contributed by atoms with Crippen LogP contribution in [0, 0.1) is 23.7 Å². The fourth-order valence-electron chi connectivity index (χ4n) is 4.72. The molecule has 0 radical (unpaired) electrons. The van der Waals surface area contributed by atoms with E-state index >= 15 is 0 Å². The molecule has 2 bridgehead atoms. The Labute approximate surface area is 152 Å². The Morgan fingerprint density at radius 1 is 1.04 bits per heavy atom. The Morgan fingerprint density at radius 3 is 2.15 bits per heavy atom. The Hall–Kier alpha value is -2.69. The van der Waals surface area contributed by atoms with Crippen molar-refractivity contribution in [1.82, 2.24) is 0 Å². The van der Waals surface area contributed by atoms with E-state index in [1.807, 2.05) is 13.8 Å². The van der Waals surface area contributed by atoms with Crippen LogP contribution in [0.2, 0.25) is 0 Å². The molecule has 0 aromatic heterocycles. The summed E-state index contributed by atoms with van der Waals surface area (Å²) in [6, 6.07) is 6.66. The summed E-state index contributed by atoms with van der Waals surface area (Å²) in [7, 11) is 0. The van der Waals surface area contributed by atoms with E-state index < -0.39 is 5.97 Å². The number of para-hydroxylation sites is 1. The van der Waals surface area contributed by atoms with E-state index in [1.54, 1.807) is 31.2 Å². The monoisotopic (exact) mass is 351 g/mol. The molecule has 1 aromatic carbocycles. The van der Waals surface area contributed by atoms with Crippen molar-refractivity contribution in [2.45, 2.75) is 20.8 Å². The second-order valence-corrected chi connectivity index (χ2v) is 7.19. The molecule has 4 rings (SSSR count). The number of nitrogens with zero attached hydrogens (tertiary/aromatic N) is 1. The summed E-state index contributed by atoms with van der Waals surface area (Å²) in [5.41, 5.74) is 2.96. The van der Waals surface area contributed by atoms with Crippen LogP contribution in [0.25, 0.3) is 0 Å². The zero-order valence-corrected chi connectivity index (χ0v) is 15.1. The summed E-state index contributed by atoms with van der Waals surface area (Å²) in [4.78, 5) is 39.8. The number of rotatable bonds is 3. The van der Waals surface area contributed by atoms with Crippen LogP contribution in [0.5, 0.6) is 0 Å². The van der Waals surface area contributed by atoms with Crippen molar-refractivity contribution in [1.29, 1.82) is 0 Å². The molecule has 3 aliphatic rings. The SMILES string of the molecule is CCOC(=O)c1ccccc1N1C(=O)C2C3C=CC(C3=C(C)C)C2C1=O. The van der Waals surface area contributed by atoms with Crippen LogP contribution in [0.15, 0.2) is 47.6 Å². The molecule has 1 saturated heterocycles. The molecule has 2 aliphatic carbocycles. The second kappa shape index (κ2) is 5.94. The minimum Gasteiger partial charge on any atom is -0.462 e. The molecule has 2 amide bonds. The second-order valence-electron chi connectivity index (χ2n) is 7.19. The van der Waals surface area contributed by atoms with Gasteiger partial charge in [-0.05, 0) is 32.9 Å². The minimum absolute atomic E-state index is 0.00814. The molecule has 5 heteroatoms. The van der Waals surface area contributed by atoms with Gasteiger partial charge in [0.15, 0.2) is 0 Å². The number of benzene rings is 1. The Balaban J connectivity index is 1.75. The van der Waals surface area contributed by atoms with Crippen molar-refractivity contribution in [2.24, 2.45) is 23.7 Å². The highest BCUT2D eigenvalue weighted by Crippen LogP contribution is 2.57. The van der Waals surface area contributed by atoms with Gasteiger partial charge in [0.05, 0.1) is 29.7 Å². The van der Waals surface area contributed by atoms with Gasteiger partial charge in [0.25, 0.3) is 0 Å². The van der Waals surface area contributed by atoms with Crippen LogP contribution >= 0.6 is 0 Å². The van der Waals surface area contributed by atoms with E-state index in [-0.39, 0.29) is 47.7 Å². The number of anilines is 1. The molecule has 0 N–H and O–H groups in total. The van der Waals surface area contributed by atoms with E-state index in [0.717, 1.165) is 0 Å². The molecule has 26 heavy (non-hydrogen) atoms. The van der Waals surface area contributed by atoms with E-state index in [9.17, 15) is 14.4 Å². The van der Waals surface area contributed by atoms with Gasteiger partial charge in [-0.1, -0.05) is 35.4 Å². The maximum atomic E-state index is 13.2. The molecular weight excluding hydrogens is 330 g/mol. The van der Waals surface area contributed by atoms with Crippen LogP contribution < -0.4 is 4.90 Å². The van der Waals surface area contributed by atoms with Gasteiger partial charge in [-0.3, -0.25) is 9.59 Å². The number of amides is 2. The topological polar surface area (TPSA) is 63.7 Å². The fourth-order valence-corrected chi connectivity index (χ4v) is 4.72. The third kappa shape index (κ3) is 2.13. The highest BCUT2D eigenvalue weighted by atomic mass is 16.5. The van der Waals surface area contributed by atoms with Crippen LogP contribution in [0.1, 0.15) is 31.1 Å². The molecule has 1 aromatic rings. The summed E-state index contributed by atoms with van der Waals surface area (Å²) in [5.74, 6) is -1.70. The van der Waals surface area contributed by atoms with Crippen molar-refractivity contribution < 1.29 is 19.1 Å². The summed E-state index contributed by atoms with van der Waals surface area (Å²) in [6.07, 6.45) is 4.11. The van der Waals surface area contributed by atoms with E-state index in [0.29, 0.717) is 5.69 Å². The van der Waals surface area contributed by atoms with E-state index in [1.165, 1.54) is 16.0 Å². The van der Waals surface area contributed by atoms with Gasteiger partial charge < -0.3 is 4.74 Å². The Kier molecular flexibility index (Phi) is 3.83. The fraction of sp³-hybridized carbons (Fsp3) is 0.381. The van der Waals surface area contributed by atoms with Crippen molar-refractivity contribution in [3.8, 4) is 0 Å². The molecule has 1 saturated carbocycles. The van der Waals surface area contributed by atoms with Gasteiger partial charge in [-0.15, -0.1) is 0 Å². The zero-order valence-electron chi connectivity index (χ0n) is 15.1. The third-order valence-electron chi connectivity index (χ3n) is 5.63. The minimum atomic E-state index is -0.521. The number of carbonyl (C=O) groups is 3. The quantitative estimate of drug-likeness (QED) is 0.477. The van der Waals surface area contributed by atoms with Gasteiger partial charge in [0.1, 0.15) is 0 Å². The van der Waals surface area contributed by atoms with Crippen LogP contribution in [0.3, 0.4) is 0 Å². The molecule has 4 unspecified atom stereocenters. The Bertz CT molecular complexity index is 844. The first kappa shape index (κ1) is 16.8. The van der Waals surface area contributed by atoms with E-state index in [2.05, 4.69) is 12.2 Å². The van der Waals surface area contributed by atoms with Gasteiger partial charge >= 0.3 is 5.97 Å². The van der Waals surface area contributed by atoms with E-state index in [4.69, 9.17) is 4.74 Å². The number of fused-ring (bicyclic) bond motifs is 5. The Morgan fingerprint density at radius 2 is 1.62 bits per heavy atom. The number of esters is 1. The maximum absolute atomic E-state index is 13.2. The van der Waals surface area contributed by atoms with Crippen molar-refractivity contribution in [3.05, 3.63) is 53.1 Å². The maximum Gasteiger partial charge on any atom is 0.340 e. The lowest BCUT2D eigenvalue weighted by atomic mass is 9.85. The highest BCUT2D eigenvalue weighted by Gasteiger charge is 2.62. The predicted octanol–water partition coefficient (Wildman–Crippen LogP) is 3.12. The van der Waals surface area contributed by atoms with Gasteiger partial charge in [0.2, 0.25) is 11.8 Å². The summed E-state index contributed by atoms with van der Waals surface area (Å²) < 4.78 is 5.09. The molecule has 1 heterocycles. The standard InChI is InChI=1S/C21H21NO4/c1-4-26-21(25)12-7-5-6-8-15(12)22-19(23)17-13-9-10-14(16(13)11(2)3)18(17)20(22)24/h5-10,13-14,17-18H,4H2,1-3H3. The lowest BCUT2D eigenvalue weighted by Crippen LogP contribution is -2.34. The molecular formula is C21H21NO4. The van der Waals surface area contributed by atoms with Gasteiger partial charge in [-0.25, -0.2) is 9.69 Å². The summed E-state index contributed by atoms with van der Waals surface area (Å²) in [6.45, 7) is 6.03. The normalized spacial score (nSPS) is 28.7. The number of hydrogen-bond acceptors (Lipinski definition) is 4.